The van der Waals surface area contributed by atoms with E-state index in [0.717, 1.165) is 4.88 Å². The van der Waals surface area contributed by atoms with Crippen LogP contribution in [0.15, 0.2) is 27.7 Å². The zero-order chi connectivity index (χ0) is 10.2. The van der Waals surface area contributed by atoms with Gasteiger partial charge in [-0.3, -0.25) is 0 Å². The first-order valence-electron chi connectivity index (χ1n) is 3.79. The molecule has 0 saturated carbocycles. The number of hydrogen-bond acceptors (Lipinski definition) is 4. The van der Waals surface area contributed by atoms with E-state index in [1.165, 1.54) is 11.8 Å². The lowest BCUT2D eigenvalue weighted by Gasteiger charge is -1.90. The molecule has 0 amide bonds. The number of nitrogens with zero attached hydrogens (tertiary/aromatic N) is 2. The lowest BCUT2D eigenvalue weighted by molar-refractivity contribution is 1.25. The minimum Gasteiger partial charge on any atom is -0.377 e. The van der Waals surface area contributed by atoms with E-state index in [-0.39, 0.29) is 12.4 Å². The fraction of sp³-hybridized carbons (Fsp3) is 0.111. The van der Waals surface area contributed by atoms with Crippen LogP contribution in [0.2, 0.25) is 0 Å². The van der Waals surface area contributed by atoms with Crippen molar-refractivity contribution in [3.05, 3.63) is 22.4 Å². The topological polar surface area (TPSA) is 50.7 Å². The number of amidine groups is 1. The molecule has 0 fully saturated rings. The molecule has 1 rings (SSSR count). The van der Waals surface area contributed by atoms with Crippen LogP contribution in [0, 0.1) is 12.3 Å². The molecule has 0 atom stereocenters. The van der Waals surface area contributed by atoms with Gasteiger partial charge in [0.25, 0.3) is 0 Å². The third kappa shape index (κ3) is 6.18. The Kier molecular flexibility index (Phi) is 7.82. The lowest BCUT2D eigenvalue weighted by atomic mass is 10.5. The van der Waals surface area contributed by atoms with E-state index in [0.29, 0.717) is 10.9 Å². The Bertz CT molecular complexity index is 365. The molecule has 0 bridgehead atoms. The van der Waals surface area contributed by atoms with Gasteiger partial charge in [-0.15, -0.1) is 35.3 Å². The molecule has 6 heteroatoms. The second kappa shape index (κ2) is 8.36. The van der Waals surface area contributed by atoms with E-state index < -0.39 is 0 Å². The van der Waals surface area contributed by atoms with Crippen molar-refractivity contribution in [1.82, 2.24) is 0 Å². The first-order valence-corrected chi connectivity index (χ1v) is 5.65. The highest BCUT2D eigenvalue weighted by Gasteiger charge is 1.89. The van der Waals surface area contributed by atoms with E-state index in [1.54, 1.807) is 17.6 Å². The highest BCUT2D eigenvalue weighted by atomic mass is 35.5. The van der Waals surface area contributed by atoms with E-state index in [1.807, 2.05) is 17.5 Å². The zero-order valence-corrected chi connectivity index (χ0v) is 10.2. The summed E-state index contributed by atoms with van der Waals surface area (Å²) in [6.07, 6.45) is 6.73. The normalized spacial score (nSPS) is 11.0. The molecule has 0 unspecified atom stereocenters. The van der Waals surface area contributed by atoms with Gasteiger partial charge in [-0.1, -0.05) is 23.7 Å². The van der Waals surface area contributed by atoms with E-state index in [9.17, 15) is 0 Å². The van der Waals surface area contributed by atoms with Crippen LogP contribution in [0.3, 0.4) is 0 Å². The summed E-state index contributed by atoms with van der Waals surface area (Å²) in [6, 6.07) is 3.90. The Morgan fingerprint density at radius 2 is 2.53 bits per heavy atom. The smallest absolute Gasteiger partial charge is 0.181 e. The number of terminal acetylenes is 1. The average Bonchev–Trinajstić information content (AvgIpc) is 2.67. The quantitative estimate of drug-likeness (QED) is 0.392. The number of nitrogens with two attached hydrogens (primary N) is 1. The summed E-state index contributed by atoms with van der Waals surface area (Å²) in [5.74, 6) is 2.97. The maximum absolute atomic E-state index is 5.51. The molecule has 2 N–H and O–H groups in total. The molecule has 0 radical (unpaired) electrons. The standard InChI is InChI=1S/C9H9N3S2.ClH/c1-2-5-14-9(10)12-11-7-8-4-3-6-13-8;/h1,3-4,6-7H,5H2,(H2,10,12);1H/b11-7+;. The van der Waals surface area contributed by atoms with Crippen molar-refractivity contribution in [2.45, 2.75) is 0 Å². The molecular weight excluding hydrogens is 250 g/mol. The summed E-state index contributed by atoms with van der Waals surface area (Å²) in [7, 11) is 0. The molecule has 1 heterocycles. The molecule has 0 aromatic carbocycles. The Labute approximate surface area is 103 Å². The number of thiophene rings is 1. The second-order valence-electron chi connectivity index (χ2n) is 2.19. The van der Waals surface area contributed by atoms with Gasteiger partial charge < -0.3 is 5.73 Å². The van der Waals surface area contributed by atoms with Crippen LogP contribution < -0.4 is 5.73 Å². The molecule has 3 nitrogen and oxygen atoms in total. The zero-order valence-electron chi connectivity index (χ0n) is 7.79. The van der Waals surface area contributed by atoms with Gasteiger partial charge in [0.15, 0.2) is 5.17 Å². The molecule has 0 aliphatic rings. The number of halogens is 1. The second-order valence-corrected chi connectivity index (χ2v) is 4.17. The minimum absolute atomic E-state index is 0. The van der Waals surface area contributed by atoms with Crippen LogP contribution >= 0.6 is 35.5 Å². The highest BCUT2D eigenvalue weighted by Crippen LogP contribution is 2.05. The SMILES string of the molecule is C#CCSC(N)=N/N=C/c1cccs1.Cl. The summed E-state index contributed by atoms with van der Waals surface area (Å²) in [5.41, 5.74) is 5.51. The lowest BCUT2D eigenvalue weighted by Crippen LogP contribution is -2.05. The van der Waals surface area contributed by atoms with Crippen LogP contribution in [0.5, 0.6) is 0 Å². The van der Waals surface area contributed by atoms with Gasteiger partial charge in [-0.25, -0.2) is 0 Å². The summed E-state index contributed by atoms with van der Waals surface area (Å²) in [4.78, 5) is 1.04. The van der Waals surface area contributed by atoms with Gasteiger partial charge in [0.05, 0.1) is 12.0 Å². The van der Waals surface area contributed by atoms with Crippen molar-refractivity contribution in [2.24, 2.45) is 15.9 Å². The Morgan fingerprint density at radius 3 is 3.13 bits per heavy atom. The maximum Gasteiger partial charge on any atom is 0.181 e. The molecule has 0 aliphatic heterocycles. The third-order valence-electron chi connectivity index (χ3n) is 1.19. The predicted octanol–water partition coefficient (Wildman–Crippen LogP) is 2.18. The van der Waals surface area contributed by atoms with E-state index in [2.05, 4.69) is 16.1 Å². The molecule has 80 valence electrons. The first kappa shape index (κ1) is 14.0. The predicted molar refractivity (Wildman–Crippen MR) is 72.1 cm³/mol. The summed E-state index contributed by atoms with van der Waals surface area (Å²) in [6.45, 7) is 0. The van der Waals surface area contributed by atoms with Gasteiger partial charge in [-0.2, -0.15) is 5.10 Å². The van der Waals surface area contributed by atoms with Crippen LogP contribution in [0.1, 0.15) is 4.88 Å². The number of hydrogen-bond donors (Lipinski definition) is 1. The number of rotatable bonds is 3. The van der Waals surface area contributed by atoms with Gasteiger partial charge in [0.1, 0.15) is 0 Å². The van der Waals surface area contributed by atoms with Crippen molar-refractivity contribution < 1.29 is 0 Å². The number of thioether (sulfide) groups is 1. The Balaban J connectivity index is 0.00000196. The largest absolute Gasteiger partial charge is 0.377 e. The Morgan fingerprint density at radius 1 is 1.73 bits per heavy atom. The molecule has 0 aliphatic carbocycles. The monoisotopic (exact) mass is 259 g/mol. The van der Waals surface area contributed by atoms with Gasteiger partial charge in [0, 0.05) is 4.88 Å². The molecule has 1 aromatic heterocycles. The molecule has 0 spiro atoms. The maximum atomic E-state index is 5.51. The van der Waals surface area contributed by atoms with E-state index >= 15 is 0 Å². The van der Waals surface area contributed by atoms with Crippen LogP contribution in [0.25, 0.3) is 0 Å². The van der Waals surface area contributed by atoms with Crippen molar-refractivity contribution in [2.75, 3.05) is 5.75 Å². The Hall–Kier alpha value is -0.960. The van der Waals surface area contributed by atoms with Crippen molar-refractivity contribution in [3.63, 3.8) is 0 Å². The van der Waals surface area contributed by atoms with Crippen molar-refractivity contribution in [1.29, 1.82) is 0 Å². The van der Waals surface area contributed by atoms with Gasteiger partial charge in [0.2, 0.25) is 0 Å². The van der Waals surface area contributed by atoms with Crippen LogP contribution in [-0.4, -0.2) is 17.1 Å². The van der Waals surface area contributed by atoms with Crippen molar-refractivity contribution >= 4 is 46.9 Å². The van der Waals surface area contributed by atoms with Crippen LogP contribution in [0.4, 0.5) is 0 Å². The molecule has 0 saturated heterocycles. The fourth-order valence-electron chi connectivity index (χ4n) is 0.652. The molecule has 15 heavy (non-hydrogen) atoms. The van der Waals surface area contributed by atoms with Gasteiger partial charge in [-0.05, 0) is 11.4 Å². The van der Waals surface area contributed by atoms with Crippen molar-refractivity contribution in [3.8, 4) is 12.3 Å². The summed E-state index contributed by atoms with van der Waals surface area (Å²) in [5, 5.41) is 9.96. The van der Waals surface area contributed by atoms with Crippen LogP contribution in [-0.2, 0) is 0 Å². The van der Waals surface area contributed by atoms with Gasteiger partial charge >= 0.3 is 0 Å². The average molecular weight is 260 g/mol. The minimum atomic E-state index is 0. The fourth-order valence-corrected chi connectivity index (χ4v) is 1.57. The third-order valence-corrected chi connectivity index (χ3v) is 2.68. The van der Waals surface area contributed by atoms with E-state index in [4.69, 9.17) is 12.2 Å². The molecule has 1 aromatic rings. The molecular formula is C9H10ClN3S2. The first-order chi connectivity index (χ1) is 6.83. The summed E-state index contributed by atoms with van der Waals surface area (Å²) >= 11 is 2.89. The summed E-state index contributed by atoms with van der Waals surface area (Å²) < 4.78 is 0. The highest BCUT2D eigenvalue weighted by molar-refractivity contribution is 8.13.